The van der Waals surface area contributed by atoms with E-state index in [0.717, 1.165) is 43.3 Å². The van der Waals surface area contributed by atoms with Crippen LogP contribution in [0.2, 0.25) is 10.2 Å². The maximum atomic E-state index is 14.3. The Morgan fingerprint density at radius 1 is 0.980 bits per heavy atom. The smallest absolute Gasteiger partial charge is 0.434 e. The van der Waals surface area contributed by atoms with E-state index in [9.17, 15) is 27.2 Å². The van der Waals surface area contributed by atoms with Gasteiger partial charge in [0.2, 0.25) is 0 Å². The predicted molar refractivity (Wildman–Crippen MR) is 191 cm³/mol. The van der Waals surface area contributed by atoms with E-state index in [4.69, 9.17) is 32.7 Å². The van der Waals surface area contributed by atoms with E-state index in [1.807, 2.05) is 30.3 Å². The fourth-order valence-corrected chi connectivity index (χ4v) is 6.33. The first-order chi connectivity index (χ1) is 23.6. The Balaban J connectivity index is 0.000000270. The second-order valence-corrected chi connectivity index (χ2v) is 13.7. The fourth-order valence-electron chi connectivity index (χ4n) is 4.53. The van der Waals surface area contributed by atoms with Crippen LogP contribution in [0.3, 0.4) is 0 Å². The molecule has 2 aromatic carbocycles. The zero-order chi connectivity index (χ0) is 37.0. The third-order valence-electron chi connectivity index (χ3n) is 6.82. The lowest BCUT2D eigenvalue weighted by Crippen LogP contribution is -2.12. The van der Waals surface area contributed by atoms with Crippen LogP contribution in [0.25, 0.3) is 22.5 Å². The summed E-state index contributed by atoms with van der Waals surface area (Å²) < 4.78 is 64.1. The highest BCUT2D eigenvalue weighted by Gasteiger charge is 2.39. The monoisotopic (exact) mass is 820 g/mol. The number of aryl methyl sites for hydroxylation is 1. The summed E-state index contributed by atoms with van der Waals surface area (Å²) in [5.74, 6) is -0.632. The molecule has 16 heteroatoms. The van der Waals surface area contributed by atoms with E-state index in [-0.39, 0.29) is 32.3 Å². The minimum atomic E-state index is -4.69. The van der Waals surface area contributed by atoms with Crippen LogP contribution in [0.15, 0.2) is 53.0 Å². The molecule has 4 rings (SSSR count). The number of alkyl halides is 3. The SMILES string of the molecule is CC(C)OC(=O)c1cc(-c2nn(C)c(C(F)(F)F)c2Br)c(F)cc1Cl.CCCCCCCCSC(=O)Oc1cc(Cl)nnc1-c1ccccc1. The molecule has 2 aromatic heterocycles. The van der Waals surface area contributed by atoms with Crippen molar-refractivity contribution in [2.24, 2.45) is 7.05 Å². The molecule has 270 valence electrons. The van der Waals surface area contributed by atoms with Gasteiger partial charge in [-0.15, -0.1) is 10.2 Å². The van der Waals surface area contributed by atoms with Crippen LogP contribution in [0.1, 0.15) is 75.3 Å². The quantitative estimate of drug-likeness (QED) is 0.0792. The topological polar surface area (TPSA) is 96.2 Å². The van der Waals surface area contributed by atoms with Gasteiger partial charge in [0.15, 0.2) is 16.6 Å². The van der Waals surface area contributed by atoms with Crippen LogP contribution in [-0.2, 0) is 18.0 Å². The molecule has 0 fully saturated rings. The first-order valence-electron chi connectivity index (χ1n) is 15.6. The number of halogens is 7. The van der Waals surface area contributed by atoms with Gasteiger partial charge in [-0.25, -0.2) is 14.0 Å². The Hall–Kier alpha value is -3.20. The van der Waals surface area contributed by atoms with Gasteiger partial charge in [-0.2, -0.15) is 18.3 Å². The second kappa shape index (κ2) is 19.4. The van der Waals surface area contributed by atoms with E-state index in [1.165, 1.54) is 43.5 Å². The Morgan fingerprint density at radius 3 is 2.26 bits per heavy atom. The number of carbonyl (C=O) groups excluding carboxylic acids is 2. The molecule has 0 aliphatic carbocycles. The zero-order valence-corrected chi connectivity index (χ0v) is 31.5. The number of aromatic nitrogens is 4. The Morgan fingerprint density at radius 2 is 1.64 bits per heavy atom. The van der Waals surface area contributed by atoms with Gasteiger partial charge >= 0.3 is 17.4 Å². The van der Waals surface area contributed by atoms with Gasteiger partial charge in [0.1, 0.15) is 17.2 Å². The molecule has 2 heterocycles. The number of esters is 1. The lowest BCUT2D eigenvalue weighted by atomic mass is 10.1. The molecule has 4 aromatic rings. The molecule has 0 amide bonds. The van der Waals surface area contributed by atoms with Gasteiger partial charge in [0.25, 0.3) is 0 Å². The average molecular weight is 823 g/mol. The van der Waals surface area contributed by atoms with E-state index in [2.05, 4.69) is 38.1 Å². The highest BCUT2D eigenvalue weighted by atomic mass is 79.9. The van der Waals surface area contributed by atoms with Crippen LogP contribution < -0.4 is 4.74 Å². The number of unbranched alkanes of at least 4 members (excludes halogenated alkanes) is 5. The van der Waals surface area contributed by atoms with E-state index in [0.29, 0.717) is 16.1 Å². The standard InChI is InChI=1S/C19H23ClN2O2S.C15H12BrClF4N2O2/c1-2-3-4-5-6-10-13-25-19(23)24-16-14-17(20)21-22-18(16)15-11-8-7-9-12-15;1-6(2)25-14(24)7-4-8(10(18)5-9(7)17)12-11(16)13(15(19,20)21)23(3)22-12/h7-9,11-12,14H,2-6,10,13H2,1H3;4-6H,1-3H3. The number of hydrogen-bond acceptors (Lipinski definition) is 8. The second-order valence-electron chi connectivity index (χ2n) is 11.1. The third-order valence-corrected chi connectivity index (χ3v) is 8.88. The van der Waals surface area contributed by atoms with Crippen molar-refractivity contribution < 1.29 is 36.6 Å². The number of ether oxygens (including phenoxy) is 2. The molecule has 0 N–H and O–H groups in total. The van der Waals surface area contributed by atoms with Crippen molar-refractivity contribution in [3.05, 3.63) is 80.3 Å². The van der Waals surface area contributed by atoms with E-state index >= 15 is 0 Å². The van der Waals surface area contributed by atoms with Crippen molar-refractivity contribution in [2.45, 2.75) is 71.6 Å². The highest BCUT2D eigenvalue weighted by Crippen LogP contribution is 2.41. The molecule has 8 nitrogen and oxygen atoms in total. The summed E-state index contributed by atoms with van der Waals surface area (Å²) in [5.41, 5.74) is -0.518. The van der Waals surface area contributed by atoms with Gasteiger partial charge in [0, 0.05) is 30.0 Å². The summed E-state index contributed by atoms with van der Waals surface area (Å²) in [6.07, 6.45) is 2.05. The predicted octanol–water partition coefficient (Wildman–Crippen LogP) is 11.6. The number of nitrogens with zero attached hydrogens (tertiary/aromatic N) is 4. The first kappa shape index (κ1) is 41.2. The minimum Gasteiger partial charge on any atom is -0.459 e. The van der Waals surface area contributed by atoms with Gasteiger partial charge < -0.3 is 9.47 Å². The number of carbonyl (C=O) groups is 2. The summed E-state index contributed by atoms with van der Waals surface area (Å²) in [6, 6.07) is 12.9. The Bertz CT molecular complexity index is 1760. The Kier molecular flexibility index (Phi) is 16.0. The first-order valence-corrected chi connectivity index (χ1v) is 18.1. The summed E-state index contributed by atoms with van der Waals surface area (Å²) in [4.78, 5) is 24.1. The molecule has 0 radical (unpaired) electrons. The minimum absolute atomic E-state index is 0.169. The van der Waals surface area contributed by atoms with E-state index < -0.39 is 34.2 Å². The van der Waals surface area contributed by atoms with E-state index in [1.54, 1.807) is 13.8 Å². The van der Waals surface area contributed by atoms with Crippen LogP contribution in [0, 0.1) is 5.82 Å². The molecule has 0 aliphatic heterocycles. The molecular formula is C34H35BrCl2F4N4O4S. The number of thioether (sulfide) groups is 1. The van der Waals surface area contributed by atoms with Crippen LogP contribution >= 0.6 is 50.9 Å². The number of hydrogen-bond donors (Lipinski definition) is 0. The van der Waals surface area contributed by atoms with Gasteiger partial charge in [-0.1, -0.05) is 92.6 Å². The van der Waals surface area contributed by atoms with Crippen LogP contribution in [0.4, 0.5) is 22.4 Å². The maximum Gasteiger partial charge on any atom is 0.434 e. The lowest BCUT2D eigenvalue weighted by Gasteiger charge is -2.11. The summed E-state index contributed by atoms with van der Waals surface area (Å²) >= 11 is 15.8. The van der Waals surface area contributed by atoms with Crippen molar-refractivity contribution >= 4 is 62.2 Å². The largest absolute Gasteiger partial charge is 0.459 e. The molecule has 0 saturated heterocycles. The molecule has 50 heavy (non-hydrogen) atoms. The molecular weight excluding hydrogens is 787 g/mol. The van der Waals surface area contributed by atoms with Gasteiger partial charge in [0.05, 0.1) is 21.2 Å². The summed E-state index contributed by atoms with van der Waals surface area (Å²) in [7, 11) is 1.08. The zero-order valence-electron chi connectivity index (χ0n) is 27.6. The molecule has 0 saturated carbocycles. The van der Waals surface area contributed by atoms with Gasteiger partial charge in [-0.3, -0.25) is 4.68 Å². The molecule has 0 unspecified atom stereocenters. The third kappa shape index (κ3) is 12.0. The molecule has 0 aliphatic rings. The fraction of sp³-hybridized carbons (Fsp3) is 0.382. The molecule has 0 spiro atoms. The molecule has 0 bridgehead atoms. The molecule has 0 atom stereocenters. The Labute approximate surface area is 310 Å². The average Bonchev–Trinajstić information content (AvgIpc) is 3.34. The van der Waals surface area contributed by atoms with Crippen molar-refractivity contribution in [3.63, 3.8) is 0 Å². The number of benzene rings is 2. The van der Waals surface area contributed by atoms with Crippen LogP contribution in [0.5, 0.6) is 5.75 Å². The van der Waals surface area contributed by atoms with Crippen LogP contribution in [-0.4, -0.2) is 43.1 Å². The highest BCUT2D eigenvalue weighted by molar-refractivity contribution is 9.10. The van der Waals surface area contributed by atoms with Crippen molar-refractivity contribution in [1.29, 1.82) is 0 Å². The summed E-state index contributed by atoms with van der Waals surface area (Å²) in [5, 5.41) is 11.3. The number of rotatable bonds is 12. The maximum absolute atomic E-state index is 14.3. The van der Waals surface area contributed by atoms with Crippen molar-refractivity contribution in [2.75, 3.05) is 5.75 Å². The van der Waals surface area contributed by atoms with Gasteiger partial charge in [-0.05, 0) is 60.1 Å². The van der Waals surface area contributed by atoms with Crippen molar-refractivity contribution in [1.82, 2.24) is 20.0 Å². The normalized spacial score (nSPS) is 11.3. The van der Waals surface area contributed by atoms with Crippen molar-refractivity contribution in [3.8, 4) is 28.3 Å². The summed E-state index contributed by atoms with van der Waals surface area (Å²) in [6.45, 7) is 5.43. The lowest BCUT2D eigenvalue weighted by molar-refractivity contribution is -0.144.